The number of carbonyl (C=O) groups excluding carboxylic acids is 1. The number of thioether (sulfide) groups is 1. The number of nitrogens with one attached hydrogen (secondary N) is 1. The van der Waals surface area contributed by atoms with Crippen LogP contribution in [0.4, 0.5) is 5.69 Å². The maximum Gasteiger partial charge on any atom is 0.277 e. The number of carbonyl (C=O) groups is 1. The smallest absolute Gasteiger partial charge is 0.277 e. The van der Waals surface area contributed by atoms with E-state index in [4.69, 9.17) is 27.6 Å². The first-order valence-corrected chi connectivity index (χ1v) is 8.83. The van der Waals surface area contributed by atoms with Crippen LogP contribution in [0.5, 0.6) is 0 Å². The van der Waals surface area contributed by atoms with Crippen molar-refractivity contribution in [1.82, 2.24) is 15.2 Å². The van der Waals surface area contributed by atoms with Gasteiger partial charge in [0, 0.05) is 17.4 Å². The van der Waals surface area contributed by atoms with Crippen LogP contribution in [-0.4, -0.2) is 26.3 Å². The van der Waals surface area contributed by atoms with Gasteiger partial charge in [0.15, 0.2) is 0 Å². The van der Waals surface area contributed by atoms with Crippen molar-refractivity contribution in [3.8, 4) is 11.5 Å². The van der Waals surface area contributed by atoms with Crippen molar-refractivity contribution in [3.63, 3.8) is 0 Å². The first-order valence-electron chi connectivity index (χ1n) is 7.19. The Morgan fingerprint density at radius 1 is 1.28 bits per heavy atom. The molecule has 1 N–H and O–H groups in total. The van der Waals surface area contributed by atoms with E-state index in [2.05, 4.69) is 20.5 Å². The van der Waals surface area contributed by atoms with Gasteiger partial charge in [-0.2, -0.15) is 0 Å². The summed E-state index contributed by atoms with van der Waals surface area (Å²) in [6.07, 6.45) is 3.28. The first-order chi connectivity index (χ1) is 12.0. The van der Waals surface area contributed by atoms with Gasteiger partial charge in [0.2, 0.25) is 11.8 Å². The molecule has 2 heterocycles. The SMILES string of the molecule is C[C@@H](Sc1nnc(-c2cccnc2)o1)C(=O)Nc1cc(Cl)ccc1Cl. The summed E-state index contributed by atoms with van der Waals surface area (Å²) < 4.78 is 5.56. The average molecular weight is 395 g/mol. The fourth-order valence-corrected chi connectivity index (χ4v) is 2.92. The Morgan fingerprint density at radius 2 is 2.12 bits per heavy atom. The van der Waals surface area contributed by atoms with Crippen molar-refractivity contribution in [2.45, 2.75) is 17.4 Å². The predicted octanol–water partition coefficient (Wildman–Crippen LogP) is 4.56. The van der Waals surface area contributed by atoms with E-state index >= 15 is 0 Å². The molecule has 1 amide bonds. The molecule has 0 aliphatic rings. The highest BCUT2D eigenvalue weighted by atomic mass is 35.5. The molecule has 0 unspecified atom stereocenters. The minimum Gasteiger partial charge on any atom is -0.411 e. The third kappa shape index (κ3) is 4.50. The molecule has 0 aliphatic carbocycles. The summed E-state index contributed by atoms with van der Waals surface area (Å²) >= 11 is 13.1. The fourth-order valence-electron chi connectivity index (χ4n) is 1.90. The molecule has 0 bridgehead atoms. The number of hydrogen-bond acceptors (Lipinski definition) is 6. The molecule has 2 aromatic heterocycles. The van der Waals surface area contributed by atoms with Crippen molar-refractivity contribution >= 4 is 46.6 Å². The molecule has 1 aromatic carbocycles. The quantitative estimate of drug-likeness (QED) is 0.638. The number of amides is 1. The third-order valence-corrected chi connectivity index (χ3v) is 4.65. The van der Waals surface area contributed by atoms with Crippen LogP contribution in [0, 0.1) is 0 Å². The lowest BCUT2D eigenvalue weighted by atomic mass is 10.3. The number of anilines is 1. The zero-order valence-electron chi connectivity index (χ0n) is 12.9. The Balaban J connectivity index is 1.66. The Hall–Kier alpha value is -2.09. The molecule has 0 aliphatic heterocycles. The van der Waals surface area contributed by atoms with Crippen molar-refractivity contribution in [2.75, 3.05) is 5.32 Å². The van der Waals surface area contributed by atoms with Gasteiger partial charge in [-0.05, 0) is 37.3 Å². The van der Waals surface area contributed by atoms with Gasteiger partial charge in [0.25, 0.3) is 5.22 Å². The van der Waals surface area contributed by atoms with Crippen LogP contribution in [0.15, 0.2) is 52.4 Å². The topological polar surface area (TPSA) is 80.9 Å². The Labute approximate surface area is 158 Å². The molecule has 25 heavy (non-hydrogen) atoms. The molecule has 9 heteroatoms. The molecule has 0 radical (unpaired) electrons. The zero-order valence-corrected chi connectivity index (χ0v) is 15.3. The predicted molar refractivity (Wildman–Crippen MR) is 97.9 cm³/mol. The van der Waals surface area contributed by atoms with Crippen LogP contribution < -0.4 is 5.32 Å². The zero-order chi connectivity index (χ0) is 17.8. The summed E-state index contributed by atoms with van der Waals surface area (Å²) in [6.45, 7) is 1.73. The van der Waals surface area contributed by atoms with Crippen molar-refractivity contribution in [1.29, 1.82) is 0 Å². The molecule has 3 aromatic rings. The van der Waals surface area contributed by atoms with Crippen LogP contribution >= 0.6 is 35.0 Å². The highest BCUT2D eigenvalue weighted by molar-refractivity contribution is 8.00. The summed E-state index contributed by atoms with van der Waals surface area (Å²) in [7, 11) is 0. The Bertz CT molecular complexity index is 889. The molecule has 0 saturated heterocycles. The van der Waals surface area contributed by atoms with E-state index in [-0.39, 0.29) is 5.91 Å². The highest BCUT2D eigenvalue weighted by Crippen LogP contribution is 2.29. The second kappa shape index (κ2) is 7.86. The van der Waals surface area contributed by atoms with Gasteiger partial charge in [-0.25, -0.2) is 0 Å². The fraction of sp³-hybridized carbons (Fsp3) is 0.125. The lowest BCUT2D eigenvalue weighted by Crippen LogP contribution is -2.22. The number of benzene rings is 1. The van der Waals surface area contributed by atoms with Gasteiger partial charge in [-0.15, -0.1) is 10.2 Å². The number of rotatable bonds is 5. The number of pyridine rings is 1. The lowest BCUT2D eigenvalue weighted by molar-refractivity contribution is -0.115. The number of aromatic nitrogens is 3. The van der Waals surface area contributed by atoms with Crippen molar-refractivity contribution in [2.24, 2.45) is 0 Å². The molecule has 0 fully saturated rings. The third-order valence-electron chi connectivity index (χ3n) is 3.15. The number of hydrogen-bond donors (Lipinski definition) is 1. The molecule has 0 spiro atoms. The van der Waals surface area contributed by atoms with Crippen LogP contribution in [0.2, 0.25) is 10.0 Å². The van der Waals surface area contributed by atoms with E-state index in [1.165, 1.54) is 0 Å². The van der Waals surface area contributed by atoms with E-state index in [1.807, 2.05) is 6.07 Å². The summed E-state index contributed by atoms with van der Waals surface area (Å²) in [4.78, 5) is 16.3. The Morgan fingerprint density at radius 3 is 2.88 bits per heavy atom. The number of nitrogens with zero attached hydrogens (tertiary/aromatic N) is 3. The lowest BCUT2D eigenvalue weighted by Gasteiger charge is -2.11. The normalized spacial score (nSPS) is 12.0. The van der Waals surface area contributed by atoms with Crippen LogP contribution in [-0.2, 0) is 4.79 Å². The Kier molecular flexibility index (Phi) is 5.57. The first kappa shape index (κ1) is 17.7. The van der Waals surface area contributed by atoms with Crippen LogP contribution in [0.3, 0.4) is 0 Å². The maximum absolute atomic E-state index is 12.3. The molecule has 3 rings (SSSR count). The second-order valence-corrected chi connectivity index (χ2v) is 7.12. The molecule has 1 atom stereocenters. The standard InChI is InChI=1S/C16H12Cl2N4O2S/c1-9(14(23)20-13-7-11(17)4-5-12(13)18)25-16-22-21-15(24-16)10-3-2-6-19-8-10/h2-9H,1H3,(H,20,23)/t9-/m1/s1. The molecular weight excluding hydrogens is 383 g/mol. The van der Waals surface area contributed by atoms with Crippen LogP contribution in [0.1, 0.15) is 6.92 Å². The van der Waals surface area contributed by atoms with Gasteiger partial charge in [-0.1, -0.05) is 35.0 Å². The number of halogens is 2. The van der Waals surface area contributed by atoms with Gasteiger partial charge in [0.05, 0.1) is 21.5 Å². The average Bonchev–Trinajstić information content (AvgIpc) is 3.07. The van der Waals surface area contributed by atoms with Gasteiger partial charge < -0.3 is 9.73 Å². The maximum atomic E-state index is 12.3. The summed E-state index contributed by atoms with van der Waals surface area (Å²) in [6, 6.07) is 8.45. The monoisotopic (exact) mass is 394 g/mol. The summed E-state index contributed by atoms with van der Waals surface area (Å²) in [5.74, 6) is 0.0939. The van der Waals surface area contributed by atoms with Gasteiger partial charge in [0.1, 0.15) is 0 Å². The molecule has 0 saturated carbocycles. The largest absolute Gasteiger partial charge is 0.411 e. The van der Waals surface area contributed by atoms with E-state index < -0.39 is 5.25 Å². The minimum atomic E-state index is -0.475. The molecule has 6 nitrogen and oxygen atoms in total. The van der Waals surface area contributed by atoms with E-state index in [0.29, 0.717) is 32.4 Å². The van der Waals surface area contributed by atoms with Gasteiger partial charge >= 0.3 is 0 Å². The highest BCUT2D eigenvalue weighted by Gasteiger charge is 2.19. The molecule has 128 valence electrons. The summed E-state index contributed by atoms with van der Waals surface area (Å²) in [5, 5.41) is 11.3. The van der Waals surface area contributed by atoms with Crippen molar-refractivity contribution in [3.05, 3.63) is 52.8 Å². The van der Waals surface area contributed by atoms with Crippen LogP contribution in [0.25, 0.3) is 11.5 Å². The minimum absolute atomic E-state index is 0.254. The molecular formula is C16H12Cl2N4O2S. The van der Waals surface area contributed by atoms with Gasteiger partial charge in [-0.3, -0.25) is 9.78 Å². The van der Waals surface area contributed by atoms with E-state index in [0.717, 1.165) is 11.8 Å². The van der Waals surface area contributed by atoms with E-state index in [9.17, 15) is 4.79 Å². The second-order valence-electron chi connectivity index (χ2n) is 4.99. The summed E-state index contributed by atoms with van der Waals surface area (Å²) in [5.41, 5.74) is 1.16. The van der Waals surface area contributed by atoms with Crippen molar-refractivity contribution < 1.29 is 9.21 Å². The van der Waals surface area contributed by atoms with E-state index in [1.54, 1.807) is 43.6 Å².